The molecule has 0 aliphatic rings. The van der Waals surface area contributed by atoms with Gasteiger partial charge in [0, 0.05) is 22.5 Å². The van der Waals surface area contributed by atoms with Gasteiger partial charge in [0.1, 0.15) is 12.6 Å². The number of alkyl carbamates (subject to hydrolysis) is 1. The van der Waals surface area contributed by atoms with E-state index in [1.165, 1.54) is 12.1 Å². The van der Waals surface area contributed by atoms with Crippen molar-refractivity contribution in [1.29, 1.82) is 0 Å². The average Bonchev–Trinajstić information content (AvgIpc) is 2.68. The van der Waals surface area contributed by atoms with Crippen LogP contribution in [-0.4, -0.2) is 29.6 Å². The van der Waals surface area contributed by atoms with Crippen molar-refractivity contribution in [1.82, 2.24) is 5.32 Å². The van der Waals surface area contributed by atoms with Crippen molar-refractivity contribution in [3.05, 3.63) is 74.2 Å². The van der Waals surface area contributed by atoms with E-state index in [-0.39, 0.29) is 30.9 Å². The van der Waals surface area contributed by atoms with Gasteiger partial charge in [0.15, 0.2) is 0 Å². The second-order valence-corrected chi connectivity index (χ2v) is 6.66. The molecule has 148 valence electrons. The Labute approximate surface area is 170 Å². The topological polar surface area (TPSA) is 108 Å². The highest BCUT2D eigenvalue weighted by molar-refractivity contribution is 9.10. The molecular weight excluding hydrogens is 432 g/mol. The summed E-state index contributed by atoms with van der Waals surface area (Å²) < 4.78 is 10.6. The third-order valence-corrected chi connectivity index (χ3v) is 4.24. The van der Waals surface area contributed by atoms with Gasteiger partial charge in [-0.15, -0.1) is 0 Å². The van der Waals surface area contributed by atoms with Gasteiger partial charge in [-0.2, -0.15) is 0 Å². The summed E-state index contributed by atoms with van der Waals surface area (Å²) in [5.74, 6) is -0.698. The lowest BCUT2D eigenvalue weighted by molar-refractivity contribution is -0.385. The zero-order chi connectivity index (χ0) is 20.5. The van der Waals surface area contributed by atoms with Crippen LogP contribution in [0.2, 0.25) is 0 Å². The van der Waals surface area contributed by atoms with E-state index in [2.05, 4.69) is 21.2 Å². The molecule has 0 aliphatic heterocycles. The highest BCUT2D eigenvalue weighted by Crippen LogP contribution is 2.25. The third-order valence-electron chi connectivity index (χ3n) is 3.74. The maximum absolute atomic E-state index is 12.2. The predicted molar refractivity (Wildman–Crippen MR) is 105 cm³/mol. The summed E-state index contributed by atoms with van der Waals surface area (Å²) in [7, 11) is 0. The Morgan fingerprint density at radius 2 is 1.89 bits per heavy atom. The van der Waals surface area contributed by atoms with Gasteiger partial charge < -0.3 is 14.8 Å². The maximum Gasteiger partial charge on any atom is 0.408 e. The first-order valence-electron chi connectivity index (χ1n) is 8.47. The number of nitro benzene ring substituents is 1. The summed E-state index contributed by atoms with van der Waals surface area (Å²) in [6, 6.07) is 12.4. The number of ether oxygens (including phenoxy) is 2. The summed E-state index contributed by atoms with van der Waals surface area (Å²) in [5.41, 5.74) is 0.909. The Morgan fingerprint density at radius 3 is 2.54 bits per heavy atom. The third kappa shape index (κ3) is 6.34. The highest BCUT2D eigenvalue weighted by Gasteiger charge is 2.27. The smallest absolute Gasteiger partial charge is 0.408 e. The molecule has 2 rings (SSSR count). The zero-order valence-corrected chi connectivity index (χ0v) is 16.7. The van der Waals surface area contributed by atoms with E-state index in [9.17, 15) is 19.7 Å². The molecular formula is C19H19BrN2O6. The monoisotopic (exact) mass is 450 g/mol. The van der Waals surface area contributed by atoms with E-state index in [1.807, 2.05) is 18.2 Å². The molecule has 0 spiro atoms. The molecule has 1 amide bonds. The van der Waals surface area contributed by atoms with Gasteiger partial charge in [-0.25, -0.2) is 9.59 Å². The van der Waals surface area contributed by atoms with Crippen molar-refractivity contribution in [3.63, 3.8) is 0 Å². The van der Waals surface area contributed by atoms with Crippen LogP contribution < -0.4 is 5.32 Å². The van der Waals surface area contributed by atoms with Gasteiger partial charge in [0.25, 0.3) is 5.69 Å². The van der Waals surface area contributed by atoms with E-state index in [0.717, 1.165) is 5.56 Å². The Bertz CT molecular complexity index is 844. The lowest BCUT2D eigenvalue weighted by Crippen LogP contribution is -2.43. The van der Waals surface area contributed by atoms with Crippen LogP contribution in [0.25, 0.3) is 0 Å². The second kappa shape index (κ2) is 10.4. The summed E-state index contributed by atoms with van der Waals surface area (Å²) in [5, 5.41) is 13.7. The normalized spacial score (nSPS) is 11.4. The molecule has 0 saturated carbocycles. The second-order valence-electron chi connectivity index (χ2n) is 5.74. The number of nitro groups is 1. The van der Waals surface area contributed by atoms with Crippen LogP contribution in [-0.2, 0) is 27.3 Å². The Hall–Kier alpha value is -2.94. The molecule has 0 radical (unpaired) electrons. The summed E-state index contributed by atoms with van der Waals surface area (Å²) in [6.45, 7) is 1.77. The molecule has 0 aromatic heterocycles. The van der Waals surface area contributed by atoms with E-state index < -0.39 is 23.0 Å². The molecule has 28 heavy (non-hydrogen) atoms. The molecule has 1 unspecified atom stereocenters. The minimum atomic E-state index is -1.12. The molecule has 0 fully saturated rings. The minimum Gasteiger partial charge on any atom is -0.464 e. The van der Waals surface area contributed by atoms with Crippen LogP contribution in [0.1, 0.15) is 18.1 Å². The molecule has 0 saturated heterocycles. The van der Waals surface area contributed by atoms with Crippen LogP contribution >= 0.6 is 15.9 Å². The molecule has 1 N–H and O–H groups in total. The number of hydrogen-bond donors (Lipinski definition) is 1. The van der Waals surface area contributed by atoms with Crippen molar-refractivity contribution in [2.45, 2.75) is 26.0 Å². The quantitative estimate of drug-likeness (QED) is 0.372. The highest BCUT2D eigenvalue weighted by atomic mass is 79.9. The van der Waals surface area contributed by atoms with Crippen molar-refractivity contribution >= 4 is 33.7 Å². The fourth-order valence-corrected chi connectivity index (χ4v) is 2.79. The molecule has 0 aliphatic carbocycles. The Morgan fingerprint density at radius 1 is 1.18 bits per heavy atom. The molecule has 8 nitrogen and oxygen atoms in total. The van der Waals surface area contributed by atoms with Crippen molar-refractivity contribution < 1.29 is 24.0 Å². The number of amides is 1. The standard InChI is InChI=1S/C19H19BrN2O6/c1-2-27-18(23)16(10-14-8-9-15(20)11-17(14)22(25)26)21-19(24)28-12-13-6-4-3-5-7-13/h3-9,11,16H,2,10,12H2,1H3,(H,21,24). The molecule has 9 heteroatoms. The Kier molecular flexibility index (Phi) is 7.94. The van der Waals surface area contributed by atoms with E-state index in [0.29, 0.717) is 4.47 Å². The number of hydrogen-bond acceptors (Lipinski definition) is 6. The number of benzene rings is 2. The minimum absolute atomic E-state index is 0.0284. The van der Waals surface area contributed by atoms with Crippen molar-refractivity contribution in [2.24, 2.45) is 0 Å². The van der Waals surface area contributed by atoms with Crippen LogP contribution in [0.5, 0.6) is 0 Å². The first kappa shape index (κ1) is 21.4. The number of nitrogens with zero attached hydrogens (tertiary/aromatic N) is 1. The maximum atomic E-state index is 12.2. The van der Waals surface area contributed by atoms with Crippen LogP contribution in [0.4, 0.5) is 10.5 Å². The number of carbonyl (C=O) groups is 2. The zero-order valence-electron chi connectivity index (χ0n) is 15.1. The number of esters is 1. The fourth-order valence-electron chi connectivity index (χ4n) is 2.44. The first-order valence-corrected chi connectivity index (χ1v) is 9.26. The van der Waals surface area contributed by atoms with Crippen molar-refractivity contribution in [2.75, 3.05) is 6.61 Å². The number of nitrogens with one attached hydrogen (secondary N) is 1. The van der Waals surface area contributed by atoms with Crippen molar-refractivity contribution in [3.8, 4) is 0 Å². The molecule has 0 heterocycles. The molecule has 1 atom stereocenters. The van der Waals surface area contributed by atoms with Gasteiger partial charge in [0.2, 0.25) is 0 Å². The molecule has 0 bridgehead atoms. The number of halogens is 1. The molecule has 2 aromatic rings. The van der Waals surface area contributed by atoms with E-state index in [1.54, 1.807) is 25.1 Å². The Balaban J connectivity index is 2.11. The van der Waals surface area contributed by atoms with Gasteiger partial charge in [-0.05, 0) is 18.6 Å². The fraction of sp³-hybridized carbons (Fsp3) is 0.263. The van der Waals surface area contributed by atoms with E-state index in [4.69, 9.17) is 9.47 Å². The van der Waals surface area contributed by atoms with Crippen LogP contribution in [0.15, 0.2) is 53.0 Å². The van der Waals surface area contributed by atoms with Gasteiger partial charge in [-0.1, -0.05) is 52.3 Å². The lowest BCUT2D eigenvalue weighted by atomic mass is 10.0. The summed E-state index contributed by atoms with van der Waals surface area (Å²) >= 11 is 3.18. The summed E-state index contributed by atoms with van der Waals surface area (Å²) in [4.78, 5) is 35.1. The predicted octanol–water partition coefficient (Wildman–Crippen LogP) is 3.76. The average molecular weight is 451 g/mol. The van der Waals surface area contributed by atoms with Gasteiger partial charge in [0.05, 0.1) is 11.5 Å². The largest absolute Gasteiger partial charge is 0.464 e. The summed E-state index contributed by atoms with van der Waals surface area (Å²) in [6.07, 6.45) is -0.926. The number of carbonyl (C=O) groups excluding carboxylic acids is 2. The lowest BCUT2D eigenvalue weighted by Gasteiger charge is -2.17. The van der Waals surface area contributed by atoms with E-state index >= 15 is 0 Å². The number of rotatable bonds is 8. The van der Waals surface area contributed by atoms with Crippen LogP contribution in [0.3, 0.4) is 0 Å². The molecule has 2 aromatic carbocycles. The first-order chi connectivity index (χ1) is 13.4. The van der Waals surface area contributed by atoms with Gasteiger partial charge >= 0.3 is 12.1 Å². The van der Waals surface area contributed by atoms with Gasteiger partial charge in [-0.3, -0.25) is 10.1 Å². The van der Waals surface area contributed by atoms with Crippen LogP contribution in [0, 0.1) is 10.1 Å². The SMILES string of the molecule is CCOC(=O)C(Cc1ccc(Br)cc1[N+](=O)[O-])NC(=O)OCc1ccccc1.